The standard InChI is InChI=1S/C17H22FN3O2/c1-12-7-9-19(10-8-12)11-20-16(22)13(2)21(17(20)23)15-5-3-14(18)4-6-15/h3-6,12-13H,7-11H2,1-2H3/t13-/m1/s1. The van der Waals surface area contributed by atoms with Crippen LogP contribution >= 0.6 is 0 Å². The molecular weight excluding hydrogens is 297 g/mol. The molecule has 2 fully saturated rings. The maximum absolute atomic E-state index is 13.1. The molecule has 0 spiro atoms. The Morgan fingerprint density at radius 3 is 2.30 bits per heavy atom. The summed E-state index contributed by atoms with van der Waals surface area (Å²) in [7, 11) is 0. The van der Waals surface area contributed by atoms with Crippen molar-refractivity contribution < 1.29 is 14.0 Å². The number of amides is 3. The molecule has 0 radical (unpaired) electrons. The Morgan fingerprint density at radius 1 is 1.09 bits per heavy atom. The highest BCUT2D eigenvalue weighted by molar-refractivity contribution is 6.13. The molecule has 124 valence electrons. The SMILES string of the molecule is CC1CCN(CN2C(=O)[C@@H](C)N(c3ccc(F)cc3)C2=O)CC1. The van der Waals surface area contributed by atoms with Crippen LogP contribution in [0.1, 0.15) is 26.7 Å². The van der Waals surface area contributed by atoms with Gasteiger partial charge in [0.25, 0.3) is 5.91 Å². The molecule has 3 amide bonds. The van der Waals surface area contributed by atoms with Crippen molar-refractivity contribution in [3.05, 3.63) is 30.1 Å². The maximum Gasteiger partial charge on any atom is 0.333 e. The van der Waals surface area contributed by atoms with Gasteiger partial charge in [0.2, 0.25) is 0 Å². The zero-order valence-electron chi connectivity index (χ0n) is 13.5. The van der Waals surface area contributed by atoms with Gasteiger partial charge in [-0.05, 0) is 49.9 Å². The Kier molecular flexibility index (Phi) is 4.35. The molecule has 0 unspecified atom stereocenters. The Bertz CT molecular complexity index is 596. The fourth-order valence-electron chi connectivity index (χ4n) is 3.20. The first kappa shape index (κ1) is 15.9. The molecule has 6 heteroatoms. The van der Waals surface area contributed by atoms with Crippen LogP contribution in [-0.4, -0.2) is 47.5 Å². The number of carbonyl (C=O) groups excluding carboxylic acids is 2. The van der Waals surface area contributed by atoms with Crippen molar-refractivity contribution in [1.29, 1.82) is 0 Å². The van der Waals surface area contributed by atoms with E-state index >= 15 is 0 Å². The average Bonchev–Trinajstić information content (AvgIpc) is 2.74. The lowest BCUT2D eigenvalue weighted by molar-refractivity contribution is -0.128. The number of hydrogen-bond acceptors (Lipinski definition) is 3. The molecule has 1 aromatic carbocycles. The van der Waals surface area contributed by atoms with E-state index in [2.05, 4.69) is 11.8 Å². The number of carbonyl (C=O) groups is 2. The number of anilines is 1. The summed E-state index contributed by atoms with van der Waals surface area (Å²) >= 11 is 0. The van der Waals surface area contributed by atoms with E-state index in [9.17, 15) is 14.0 Å². The lowest BCUT2D eigenvalue weighted by Gasteiger charge is -2.32. The Hall–Kier alpha value is -1.95. The third kappa shape index (κ3) is 3.08. The predicted octanol–water partition coefficient (Wildman–Crippen LogP) is 2.67. The summed E-state index contributed by atoms with van der Waals surface area (Å²) in [4.78, 5) is 30.0. The smallest absolute Gasteiger partial charge is 0.285 e. The van der Waals surface area contributed by atoms with E-state index in [0.717, 1.165) is 25.9 Å². The van der Waals surface area contributed by atoms with Crippen LogP contribution in [0.3, 0.4) is 0 Å². The van der Waals surface area contributed by atoms with E-state index in [1.165, 1.54) is 34.1 Å². The van der Waals surface area contributed by atoms with Gasteiger partial charge < -0.3 is 0 Å². The second kappa shape index (κ2) is 6.28. The molecule has 2 aliphatic rings. The van der Waals surface area contributed by atoms with E-state index in [-0.39, 0.29) is 17.8 Å². The summed E-state index contributed by atoms with van der Waals surface area (Å²) in [6, 6.07) is 4.78. The van der Waals surface area contributed by atoms with Crippen LogP contribution in [0.15, 0.2) is 24.3 Å². The Labute approximate surface area is 135 Å². The van der Waals surface area contributed by atoms with E-state index < -0.39 is 6.04 Å². The number of benzene rings is 1. The van der Waals surface area contributed by atoms with Gasteiger partial charge in [-0.25, -0.2) is 14.1 Å². The molecule has 2 heterocycles. The third-order valence-corrected chi connectivity index (χ3v) is 4.77. The van der Waals surface area contributed by atoms with E-state index in [1.54, 1.807) is 6.92 Å². The van der Waals surface area contributed by atoms with Gasteiger partial charge in [0.15, 0.2) is 0 Å². The molecule has 0 N–H and O–H groups in total. The van der Waals surface area contributed by atoms with Crippen molar-refractivity contribution in [1.82, 2.24) is 9.80 Å². The predicted molar refractivity (Wildman–Crippen MR) is 85.4 cm³/mol. The van der Waals surface area contributed by atoms with Gasteiger partial charge in [-0.2, -0.15) is 0 Å². The zero-order chi connectivity index (χ0) is 16.6. The van der Waals surface area contributed by atoms with Crippen LogP contribution in [0.4, 0.5) is 14.9 Å². The first-order valence-corrected chi connectivity index (χ1v) is 8.10. The minimum atomic E-state index is -0.559. The minimum absolute atomic E-state index is 0.196. The van der Waals surface area contributed by atoms with Crippen molar-refractivity contribution in [2.45, 2.75) is 32.7 Å². The highest BCUT2D eigenvalue weighted by Gasteiger charge is 2.43. The summed E-state index contributed by atoms with van der Waals surface area (Å²) < 4.78 is 13.1. The fraction of sp³-hybridized carbons (Fsp3) is 0.529. The van der Waals surface area contributed by atoms with Crippen LogP contribution in [0, 0.1) is 11.7 Å². The molecule has 0 bridgehead atoms. The summed E-state index contributed by atoms with van der Waals surface area (Å²) in [5.74, 6) is 0.141. The average molecular weight is 319 g/mol. The molecule has 23 heavy (non-hydrogen) atoms. The number of nitrogens with zero attached hydrogens (tertiary/aromatic N) is 3. The number of halogens is 1. The monoisotopic (exact) mass is 319 g/mol. The van der Waals surface area contributed by atoms with Crippen molar-refractivity contribution in [3.63, 3.8) is 0 Å². The number of piperidine rings is 1. The maximum atomic E-state index is 13.1. The fourth-order valence-corrected chi connectivity index (χ4v) is 3.20. The molecule has 5 nitrogen and oxygen atoms in total. The Balaban J connectivity index is 1.74. The van der Waals surface area contributed by atoms with Gasteiger partial charge in [-0.15, -0.1) is 0 Å². The number of rotatable bonds is 3. The normalized spacial score (nSPS) is 23.9. The van der Waals surface area contributed by atoms with Gasteiger partial charge >= 0.3 is 6.03 Å². The molecule has 1 atom stereocenters. The van der Waals surface area contributed by atoms with Gasteiger partial charge in [-0.3, -0.25) is 14.6 Å². The molecule has 0 aliphatic carbocycles. The number of hydrogen-bond donors (Lipinski definition) is 0. The van der Waals surface area contributed by atoms with Crippen molar-refractivity contribution in [2.75, 3.05) is 24.7 Å². The summed E-state index contributed by atoms with van der Waals surface area (Å²) in [6.45, 7) is 6.09. The number of imide groups is 1. The van der Waals surface area contributed by atoms with Crippen molar-refractivity contribution in [2.24, 2.45) is 5.92 Å². The lowest BCUT2D eigenvalue weighted by Crippen LogP contribution is -2.45. The summed E-state index contributed by atoms with van der Waals surface area (Å²) in [6.07, 6.45) is 2.18. The first-order valence-electron chi connectivity index (χ1n) is 8.10. The summed E-state index contributed by atoms with van der Waals surface area (Å²) in [5.41, 5.74) is 0.548. The van der Waals surface area contributed by atoms with Crippen LogP contribution in [0.25, 0.3) is 0 Å². The molecule has 0 saturated carbocycles. The van der Waals surface area contributed by atoms with Crippen LogP contribution in [0.5, 0.6) is 0 Å². The summed E-state index contributed by atoms with van der Waals surface area (Å²) in [5, 5.41) is 0. The molecule has 0 aromatic heterocycles. The quantitative estimate of drug-likeness (QED) is 0.805. The van der Waals surface area contributed by atoms with Gasteiger partial charge in [0.1, 0.15) is 11.9 Å². The lowest BCUT2D eigenvalue weighted by atomic mass is 10.00. The van der Waals surface area contributed by atoms with Crippen LogP contribution in [0.2, 0.25) is 0 Å². The van der Waals surface area contributed by atoms with Gasteiger partial charge in [0.05, 0.1) is 6.67 Å². The number of likely N-dealkylation sites (tertiary alicyclic amines) is 1. The largest absolute Gasteiger partial charge is 0.333 e. The molecular formula is C17H22FN3O2. The van der Waals surface area contributed by atoms with Crippen molar-refractivity contribution in [3.8, 4) is 0 Å². The molecule has 2 saturated heterocycles. The third-order valence-electron chi connectivity index (χ3n) is 4.77. The Morgan fingerprint density at radius 2 is 1.70 bits per heavy atom. The molecule has 3 rings (SSSR count). The second-order valence-corrected chi connectivity index (χ2v) is 6.51. The molecule has 2 aliphatic heterocycles. The minimum Gasteiger partial charge on any atom is -0.285 e. The second-order valence-electron chi connectivity index (χ2n) is 6.51. The van der Waals surface area contributed by atoms with Gasteiger partial charge in [0, 0.05) is 18.8 Å². The highest BCUT2D eigenvalue weighted by atomic mass is 19.1. The first-order chi connectivity index (χ1) is 11.0. The topological polar surface area (TPSA) is 43.9 Å². The van der Waals surface area contributed by atoms with Gasteiger partial charge in [-0.1, -0.05) is 6.92 Å². The van der Waals surface area contributed by atoms with E-state index in [0.29, 0.717) is 18.3 Å². The van der Waals surface area contributed by atoms with E-state index in [1.807, 2.05) is 0 Å². The van der Waals surface area contributed by atoms with Crippen LogP contribution in [-0.2, 0) is 4.79 Å². The van der Waals surface area contributed by atoms with E-state index in [4.69, 9.17) is 0 Å². The molecule has 1 aromatic rings. The van der Waals surface area contributed by atoms with Crippen LogP contribution < -0.4 is 4.90 Å². The number of urea groups is 1. The highest BCUT2D eigenvalue weighted by Crippen LogP contribution is 2.27. The zero-order valence-corrected chi connectivity index (χ0v) is 13.5. The van der Waals surface area contributed by atoms with Crippen molar-refractivity contribution >= 4 is 17.6 Å².